The first-order valence-corrected chi connectivity index (χ1v) is 8.93. The average molecular weight is 419 g/mol. The van der Waals surface area contributed by atoms with Crippen molar-refractivity contribution in [2.24, 2.45) is 0 Å². The van der Waals surface area contributed by atoms with Crippen molar-refractivity contribution in [3.05, 3.63) is 67.6 Å². The van der Waals surface area contributed by atoms with E-state index in [0.29, 0.717) is 32.2 Å². The summed E-state index contributed by atoms with van der Waals surface area (Å²) in [5.74, 6) is -0.434. The molecular weight excluding hydrogens is 404 g/mol. The molecule has 3 nitrogen and oxygen atoms in total. The minimum atomic E-state index is -0.236. The zero-order valence-electron chi connectivity index (χ0n) is 13.3. The van der Waals surface area contributed by atoms with E-state index in [4.69, 9.17) is 46.4 Å². The van der Waals surface area contributed by atoms with Crippen LogP contribution in [0.5, 0.6) is 0 Å². The molecule has 0 fully saturated rings. The molecule has 0 heterocycles. The Morgan fingerprint density at radius 1 is 1.04 bits per heavy atom. The van der Waals surface area contributed by atoms with E-state index < -0.39 is 0 Å². The second-order valence-electron chi connectivity index (χ2n) is 5.62. The van der Waals surface area contributed by atoms with E-state index in [1.54, 1.807) is 43.4 Å². The summed E-state index contributed by atoms with van der Waals surface area (Å²) in [7, 11) is 1.66. The highest BCUT2D eigenvalue weighted by molar-refractivity contribution is 6.42. The summed E-state index contributed by atoms with van der Waals surface area (Å²) >= 11 is 23.9. The fourth-order valence-electron chi connectivity index (χ4n) is 2.51. The molecule has 0 saturated heterocycles. The number of carbonyl (C=O) groups is 2. The number of hydrogen-bond donors (Lipinski definition) is 0. The average Bonchev–Trinajstić information content (AvgIpc) is 2.55. The van der Waals surface area contributed by atoms with E-state index in [-0.39, 0.29) is 18.2 Å². The van der Waals surface area contributed by atoms with E-state index >= 15 is 0 Å². The first-order chi connectivity index (χ1) is 11.8. The summed E-state index contributed by atoms with van der Waals surface area (Å²) in [5.41, 5.74) is 1.23. The largest absolute Gasteiger partial charge is 0.341 e. The summed E-state index contributed by atoms with van der Waals surface area (Å²) in [5, 5.41) is 1.62. The Hall–Kier alpha value is -1.26. The highest BCUT2D eigenvalue weighted by atomic mass is 35.5. The third-order valence-electron chi connectivity index (χ3n) is 3.75. The van der Waals surface area contributed by atoms with Gasteiger partial charge >= 0.3 is 0 Å². The Morgan fingerprint density at radius 3 is 2.24 bits per heavy atom. The van der Waals surface area contributed by atoms with Crippen molar-refractivity contribution in [1.82, 2.24) is 4.90 Å². The lowest BCUT2D eigenvalue weighted by atomic mass is 9.95. The molecule has 0 aliphatic carbocycles. The van der Waals surface area contributed by atoms with Crippen molar-refractivity contribution < 1.29 is 9.59 Å². The normalized spacial score (nSPS) is 11.9. The van der Waals surface area contributed by atoms with E-state index in [9.17, 15) is 9.59 Å². The third-order valence-corrected chi connectivity index (χ3v) is 4.92. The van der Waals surface area contributed by atoms with Gasteiger partial charge in [0.05, 0.1) is 10.0 Å². The number of hydrogen-bond acceptors (Lipinski definition) is 2. The number of benzene rings is 2. The molecule has 0 radical (unpaired) electrons. The molecule has 132 valence electrons. The van der Waals surface area contributed by atoms with E-state index in [1.165, 1.54) is 4.90 Å². The molecule has 25 heavy (non-hydrogen) atoms. The number of amides is 1. The summed E-state index contributed by atoms with van der Waals surface area (Å²) < 4.78 is 0. The van der Waals surface area contributed by atoms with E-state index in [2.05, 4.69) is 0 Å². The molecular formula is C18H15Cl4NO2. The number of carbonyl (C=O) groups excluding carboxylic acids is 2. The minimum absolute atomic E-state index is 0.198. The molecule has 2 aromatic rings. The monoisotopic (exact) mass is 417 g/mol. The van der Waals surface area contributed by atoms with Gasteiger partial charge in [-0.1, -0.05) is 52.5 Å². The predicted octanol–water partition coefficient (Wildman–Crippen LogP) is 5.75. The van der Waals surface area contributed by atoms with Gasteiger partial charge in [-0.3, -0.25) is 4.79 Å². The molecule has 0 bridgehead atoms. The summed E-state index contributed by atoms with van der Waals surface area (Å²) in [6, 6.07) is 9.87. The molecule has 0 spiro atoms. The second-order valence-corrected chi connectivity index (χ2v) is 7.30. The summed E-state index contributed by atoms with van der Waals surface area (Å²) in [4.78, 5) is 25.2. The molecule has 0 saturated carbocycles. The SMILES string of the molecule is CN(C[C@@H](CC=O)c1ccc(Cl)c(Cl)c1)C(=O)c1cc(Cl)cc(Cl)c1. The topological polar surface area (TPSA) is 37.4 Å². The van der Waals surface area contributed by atoms with Crippen LogP contribution in [0.3, 0.4) is 0 Å². The van der Waals surface area contributed by atoms with Crippen molar-refractivity contribution in [3.8, 4) is 0 Å². The van der Waals surface area contributed by atoms with Gasteiger partial charge in [-0.05, 0) is 35.9 Å². The molecule has 2 aromatic carbocycles. The third kappa shape index (κ3) is 5.35. The van der Waals surface area contributed by atoms with Crippen molar-refractivity contribution in [2.45, 2.75) is 12.3 Å². The van der Waals surface area contributed by atoms with Gasteiger partial charge in [0.2, 0.25) is 0 Å². The maximum absolute atomic E-state index is 12.6. The summed E-state index contributed by atoms with van der Waals surface area (Å²) in [6.45, 7) is 0.333. The van der Waals surface area contributed by atoms with Crippen LogP contribution in [0.15, 0.2) is 36.4 Å². The quantitative estimate of drug-likeness (QED) is 0.560. The first kappa shape index (κ1) is 20.1. The van der Waals surface area contributed by atoms with Crippen LogP contribution in [0.1, 0.15) is 28.3 Å². The van der Waals surface area contributed by atoms with Crippen LogP contribution in [0, 0.1) is 0 Å². The van der Waals surface area contributed by atoms with Crippen molar-refractivity contribution in [3.63, 3.8) is 0 Å². The molecule has 7 heteroatoms. The van der Waals surface area contributed by atoms with Crippen LogP contribution in [-0.4, -0.2) is 30.7 Å². The van der Waals surface area contributed by atoms with Gasteiger partial charge in [0, 0.05) is 41.5 Å². The van der Waals surface area contributed by atoms with Gasteiger partial charge in [0.25, 0.3) is 5.91 Å². The zero-order chi connectivity index (χ0) is 18.6. The van der Waals surface area contributed by atoms with Crippen LogP contribution in [0.25, 0.3) is 0 Å². The summed E-state index contributed by atoms with van der Waals surface area (Å²) in [6.07, 6.45) is 1.08. The molecule has 1 atom stereocenters. The molecule has 2 rings (SSSR count). The van der Waals surface area contributed by atoms with Crippen LogP contribution in [-0.2, 0) is 4.79 Å². The highest BCUT2D eigenvalue weighted by Gasteiger charge is 2.20. The van der Waals surface area contributed by atoms with Crippen LogP contribution in [0.4, 0.5) is 0 Å². The number of rotatable bonds is 6. The van der Waals surface area contributed by atoms with Gasteiger partial charge in [-0.25, -0.2) is 0 Å². The molecule has 1 amide bonds. The van der Waals surface area contributed by atoms with Gasteiger partial charge < -0.3 is 9.69 Å². The highest BCUT2D eigenvalue weighted by Crippen LogP contribution is 2.29. The van der Waals surface area contributed by atoms with Crippen molar-refractivity contribution >= 4 is 58.6 Å². The van der Waals surface area contributed by atoms with Crippen LogP contribution >= 0.6 is 46.4 Å². The number of aldehydes is 1. The zero-order valence-corrected chi connectivity index (χ0v) is 16.3. The molecule has 0 unspecified atom stereocenters. The van der Waals surface area contributed by atoms with Crippen molar-refractivity contribution in [1.29, 1.82) is 0 Å². The van der Waals surface area contributed by atoms with Gasteiger partial charge in [0.15, 0.2) is 0 Å². The van der Waals surface area contributed by atoms with Crippen molar-refractivity contribution in [2.75, 3.05) is 13.6 Å². The van der Waals surface area contributed by atoms with E-state index in [0.717, 1.165) is 11.8 Å². The minimum Gasteiger partial charge on any atom is -0.341 e. The fraction of sp³-hybridized carbons (Fsp3) is 0.222. The Kier molecular flexibility index (Phi) is 7.14. The van der Waals surface area contributed by atoms with Crippen LogP contribution in [0.2, 0.25) is 20.1 Å². The Morgan fingerprint density at radius 2 is 1.68 bits per heavy atom. The van der Waals surface area contributed by atoms with Crippen LogP contribution < -0.4 is 0 Å². The lowest BCUT2D eigenvalue weighted by Crippen LogP contribution is -2.31. The fourth-order valence-corrected chi connectivity index (χ4v) is 3.34. The number of halogens is 4. The standard InChI is InChI=1S/C18H15Cl4NO2/c1-23(18(25)13-6-14(19)9-15(20)7-13)10-12(4-5-24)11-2-3-16(21)17(22)8-11/h2-3,5-9,12H,4,10H2,1H3/t12-/m1/s1. The molecule has 0 aliphatic rings. The second kappa shape index (κ2) is 8.91. The first-order valence-electron chi connectivity index (χ1n) is 7.42. The smallest absolute Gasteiger partial charge is 0.253 e. The number of nitrogens with zero attached hydrogens (tertiary/aromatic N) is 1. The maximum Gasteiger partial charge on any atom is 0.253 e. The van der Waals surface area contributed by atoms with Gasteiger partial charge in [0.1, 0.15) is 6.29 Å². The Balaban J connectivity index is 2.21. The molecule has 0 aromatic heterocycles. The molecule has 0 aliphatic heterocycles. The van der Waals surface area contributed by atoms with Gasteiger partial charge in [-0.2, -0.15) is 0 Å². The van der Waals surface area contributed by atoms with Gasteiger partial charge in [-0.15, -0.1) is 0 Å². The van der Waals surface area contributed by atoms with E-state index in [1.807, 2.05) is 0 Å². The Labute approximate surface area is 166 Å². The lowest BCUT2D eigenvalue weighted by Gasteiger charge is -2.24. The Bertz CT molecular complexity index is 774. The predicted molar refractivity (Wildman–Crippen MR) is 103 cm³/mol. The maximum atomic E-state index is 12.6. The number of likely N-dealkylation sites (N-methyl/N-ethyl adjacent to an activating group) is 1. The lowest BCUT2D eigenvalue weighted by molar-refractivity contribution is -0.108. The molecule has 0 N–H and O–H groups in total.